The van der Waals surface area contributed by atoms with E-state index in [-0.39, 0.29) is 0 Å². The van der Waals surface area contributed by atoms with E-state index in [1.165, 1.54) is 70.9 Å². The number of nitrogens with one attached hydrogen (secondary N) is 1. The molecule has 3 aliphatic carbocycles. The van der Waals surface area contributed by atoms with Crippen LogP contribution in [0.25, 0.3) is 0 Å². The summed E-state index contributed by atoms with van der Waals surface area (Å²) in [5.74, 6) is 0. The summed E-state index contributed by atoms with van der Waals surface area (Å²) < 4.78 is 0. The second-order valence-electron chi connectivity index (χ2n) is 8.05. The highest BCUT2D eigenvalue weighted by atomic mass is 15.2. The van der Waals surface area contributed by atoms with Gasteiger partial charge in [0.15, 0.2) is 0 Å². The Morgan fingerprint density at radius 1 is 0.850 bits per heavy atom. The van der Waals surface area contributed by atoms with Crippen LogP contribution in [0.4, 0.5) is 0 Å². The summed E-state index contributed by atoms with van der Waals surface area (Å²) in [6, 6.07) is 2.72. The molecule has 1 N–H and O–H groups in total. The van der Waals surface area contributed by atoms with E-state index in [0.29, 0.717) is 0 Å². The van der Waals surface area contributed by atoms with Gasteiger partial charge >= 0.3 is 0 Å². The van der Waals surface area contributed by atoms with Gasteiger partial charge in [-0.05, 0) is 63.3 Å². The molecule has 2 atom stereocenters. The first-order chi connectivity index (χ1) is 9.87. The fraction of sp³-hybridized carbons (Fsp3) is 1.00. The highest BCUT2D eigenvalue weighted by Gasteiger charge is 2.52. The van der Waals surface area contributed by atoms with Gasteiger partial charge in [0, 0.05) is 24.7 Å². The average Bonchev–Trinajstić information content (AvgIpc) is 3.32. The zero-order chi connectivity index (χ0) is 13.4. The van der Waals surface area contributed by atoms with E-state index in [1.807, 2.05) is 0 Å². The summed E-state index contributed by atoms with van der Waals surface area (Å²) >= 11 is 0. The van der Waals surface area contributed by atoms with E-state index in [9.17, 15) is 0 Å². The molecule has 0 aromatic carbocycles. The van der Waals surface area contributed by atoms with Gasteiger partial charge in [0.1, 0.15) is 0 Å². The van der Waals surface area contributed by atoms with Crippen LogP contribution in [0.15, 0.2) is 0 Å². The summed E-state index contributed by atoms with van der Waals surface area (Å²) in [4.78, 5) is 2.98. The van der Waals surface area contributed by atoms with Gasteiger partial charge in [-0.25, -0.2) is 0 Å². The summed E-state index contributed by atoms with van der Waals surface area (Å²) in [5, 5.41) is 3.78. The third kappa shape index (κ3) is 2.54. The normalized spacial score (nSPS) is 37.0. The number of rotatable bonds is 4. The molecule has 2 unspecified atom stereocenters. The molecule has 0 aromatic heterocycles. The van der Waals surface area contributed by atoms with Crippen molar-refractivity contribution in [3.63, 3.8) is 0 Å². The molecular weight excluding hydrogens is 244 g/mol. The van der Waals surface area contributed by atoms with Crippen LogP contribution in [0.2, 0.25) is 0 Å². The molecule has 4 fully saturated rings. The largest absolute Gasteiger partial charge is 0.313 e. The fourth-order valence-corrected chi connectivity index (χ4v) is 5.31. The highest BCUT2D eigenvalue weighted by molar-refractivity contribution is 5.06. The molecule has 4 aliphatic rings. The Bertz CT molecular complexity index is 324. The quantitative estimate of drug-likeness (QED) is 0.842. The van der Waals surface area contributed by atoms with E-state index < -0.39 is 0 Å². The smallest absolute Gasteiger partial charge is 0.0195 e. The Morgan fingerprint density at radius 2 is 1.70 bits per heavy atom. The van der Waals surface area contributed by atoms with Crippen LogP contribution in [0.1, 0.15) is 77.0 Å². The van der Waals surface area contributed by atoms with E-state index in [2.05, 4.69) is 10.2 Å². The Labute approximate surface area is 124 Å². The fourth-order valence-electron chi connectivity index (χ4n) is 5.31. The van der Waals surface area contributed by atoms with Gasteiger partial charge in [-0.1, -0.05) is 25.7 Å². The Hall–Kier alpha value is -0.0800. The predicted molar refractivity (Wildman–Crippen MR) is 83.9 cm³/mol. The van der Waals surface area contributed by atoms with E-state index in [4.69, 9.17) is 0 Å². The van der Waals surface area contributed by atoms with Gasteiger partial charge in [0.05, 0.1) is 0 Å². The van der Waals surface area contributed by atoms with Crippen molar-refractivity contribution in [1.29, 1.82) is 0 Å². The number of piperidine rings is 1. The van der Waals surface area contributed by atoms with Crippen LogP contribution in [0, 0.1) is 5.41 Å². The lowest BCUT2D eigenvalue weighted by molar-refractivity contribution is -0.0608. The molecule has 2 nitrogen and oxygen atoms in total. The molecule has 2 heteroatoms. The summed E-state index contributed by atoms with van der Waals surface area (Å²) in [7, 11) is 0. The number of hydrogen-bond acceptors (Lipinski definition) is 2. The summed E-state index contributed by atoms with van der Waals surface area (Å²) in [6.45, 7) is 2.62. The standard InChI is InChI=1S/C18H32N2/c1-3-10-18(11-4-1)12-9-17(18)20(16-7-8-16)14-15-6-2-5-13-19-15/h15-17,19H,1-14H2. The molecule has 0 aromatic rings. The molecule has 114 valence electrons. The predicted octanol–water partition coefficient (Wildman–Crippen LogP) is 3.71. The SMILES string of the molecule is C1CCC2(CC1)CCC2N(CC1CCCCN1)C1CC1. The van der Waals surface area contributed by atoms with Crippen LogP contribution < -0.4 is 5.32 Å². The van der Waals surface area contributed by atoms with Crippen LogP contribution in [0.3, 0.4) is 0 Å². The summed E-state index contributed by atoms with van der Waals surface area (Å²) in [6.07, 6.45) is 17.9. The third-order valence-corrected chi connectivity index (χ3v) is 6.73. The lowest BCUT2D eigenvalue weighted by Gasteiger charge is -2.57. The van der Waals surface area contributed by atoms with E-state index >= 15 is 0 Å². The monoisotopic (exact) mass is 276 g/mol. The lowest BCUT2D eigenvalue weighted by atomic mass is 9.56. The van der Waals surface area contributed by atoms with Crippen LogP contribution >= 0.6 is 0 Å². The molecule has 1 aliphatic heterocycles. The lowest BCUT2D eigenvalue weighted by Crippen LogP contribution is -2.59. The maximum absolute atomic E-state index is 3.78. The molecule has 1 spiro atoms. The van der Waals surface area contributed by atoms with Gasteiger partial charge in [0.25, 0.3) is 0 Å². The van der Waals surface area contributed by atoms with Crippen molar-refractivity contribution in [2.45, 2.75) is 95.2 Å². The van der Waals surface area contributed by atoms with Gasteiger partial charge in [-0.3, -0.25) is 4.90 Å². The molecule has 1 heterocycles. The van der Waals surface area contributed by atoms with Crippen LogP contribution in [0.5, 0.6) is 0 Å². The molecular formula is C18H32N2. The van der Waals surface area contributed by atoms with Gasteiger partial charge in [0.2, 0.25) is 0 Å². The van der Waals surface area contributed by atoms with E-state index in [0.717, 1.165) is 23.5 Å². The van der Waals surface area contributed by atoms with Gasteiger partial charge < -0.3 is 5.32 Å². The molecule has 1 saturated heterocycles. The maximum atomic E-state index is 3.78. The molecule has 4 rings (SSSR count). The highest BCUT2D eigenvalue weighted by Crippen LogP contribution is 2.55. The zero-order valence-electron chi connectivity index (χ0n) is 13.1. The van der Waals surface area contributed by atoms with Crippen molar-refractivity contribution in [2.24, 2.45) is 5.41 Å². The summed E-state index contributed by atoms with van der Waals surface area (Å²) in [5.41, 5.74) is 0.759. The van der Waals surface area contributed by atoms with E-state index in [1.54, 1.807) is 19.3 Å². The molecule has 0 amide bonds. The zero-order valence-corrected chi connectivity index (χ0v) is 13.1. The van der Waals surface area contributed by atoms with Crippen molar-refractivity contribution in [3.05, 3.63) is 0 Å². The van der Waals surface area contributed by atoms with Crippen molar-refractivity contribution in [3.8, 4) is 0 Å². The topological polar surface area (TPSA) is 15.3 Å². The first-order valence-electron chi connectivity index (χ1n) is 9.37. The Morgan fingerprint density at radius 3 is 2.30 bits per heavy atom. The van der Waals surface area contributed by atoms with Crippen LogP contribution in [-0.2, 0) is 0 Å². The molecule has 0 radical (unpaired) electrons. The minimum Gasteiger partial charge on any atom is -0.313 e. The van der Waals surface area contributed by atoms with Crippen molar-refractivity contribution in [2.75, 3.05) is 13.1 Å². The molecule has 0 bridgehead atoms. The average molecular weight is 276 g/mol. The van der Waals surface area contributed by atoms with Crippen molar-refractivity contribution in [1.82, 2.24) is 10.2 Å². The third-order valence-electron chi connectivity index (χ3n) is 6.73. The molecule has 20 heavy (non-hydrogen) atoms. The number of hydrogen-bond donors (Lipinski definition) is 1. The van der Waals surface area contributed by atoms with Crippen molar-refractivity contribution >= 4 is 0 Å². The maximum Gasteiger partial charge on any atom is 0.0195 e. The van der Waals surface area contributed by atoms with Crippen LogP contribution in [-0.4, -0.2) is 36.1 Å². The van der Waals surface area contributed by atoms with Crippen molar-refractivity contribution < 1.29 is 0 Å². The van der Waals surface area contributed by atoms with Gasteiger partial charge in [-0.15, -0.1) is 0 Å². The minimum absolute atomic E-state index is 0.759. The number of nitrogens with zero attached hydrogens (tertiary/aromatic N) is 1. The molecule has 3 saturated carbocycles. The second-order valence-corrected chi connectivity index (χ2v) is 8.05. The van der Waals surface area contributed by atoms with Gasteiger partial charge in [-0.2, -0.15) is 0 Å². The Balaban J connectivity index is 1.42. The Kier molecular flexibility index (Phi) is 3.80. The second kappa shape index (κ2) is 5.61. The minimum atomic E-state index is 0.759. The first kappa shape index (κ1) is 13.6. The first-order valence-corrected chi connectivity index (χ1v) is 9.37.